The van der Waals surface area contributed by atoms with E-state index in [-0.39, 0.29) is 18.6 Å². The molecule has 188 valence electrons. The van der Waals surface area contributed by atoms with Gasteiger partial charge in [0.15, 0.2) is 0 Å². The van der Waals surface area contributed by atoms with Crippen LogP contribution in [0.3, 0.4) is 0 Å². The highest BCUT2D eigenvalue weighted by atomic mass is 127. The first-order valence-corrected chi connectivity index (χ1v) is 15.5. The zero-order valence-corrected chi connectivity index (χ0v) is 23.6. The Morgan fingerprint density at radius 2 is 2.17 bits per heavy atom. The summed E-state index contributed by atoms with van der Waals surface area (Å²) in [6.45, 7) is 5.33. The highest BCUT2D eigenvalue weighted by Gasteiger charge is 2.20. The minimum absolute atomic E-state index is 0.0614. The van der Waals surface area contributed by atoms with Crippen molar-refractivity contribution in [2.24, 2.45) is 0 Å². The molecule has 4 heterocycles. The summed E-state index contributed by atoms with van der Waals surface area (Å²) in [6.07, 6.45) is 6.25. The van der Waals surface area contributed by atoms with Gasteiger partial charge in [0, 0.05) is 29.7 Å². The number of aromatic amines is 1. The van der Waals surface area contributed by atoms with Crippen LogP contribution < -0.4 is 4.74 Å². The Morgan fingerprint density at radius 1 is 1.33 bits per heavy atom. The Balaban J connectivity index is 1.67. The van der Waals surface area contributed by atoms with E-state index >= 15 is 0 Å². The van der Waals surface area contributed by atoms with E-state index in [0.29, 0.717) is 25.3 Å². The fourth-order valence-electron chi connectivity index (χ4n) is 4.52. The number of rotatable bonds is 3. The van der Waals surface area contributed by atoms with Crippen molar-refractivity contribution in [1.29, 1.82) is 0 Å². The second-order valence-corrected chi connectivity index (χ2v) is 10.9. The number of likely N-dealkylation sites (N-methyl/N-ethyl adjacent to an activating group) is 1. The Labute approximate surface area is 223 Å². The van der Waals surface area contributed by atoms with Crippen molar-refractivity contribution >= 4 is 57.4 Å². The second kappa shape index (κ2) is 10.3. The average molecular weight is 619 g/mol. The molecule has 0 saturated heterocycles. The van der Waals surface area contributed by atoms with Gasteiger partial charge in [0.1, 0.15) is 12.6 Å². The largest absolute Gasteiger partial charge is 0.473 e. The molecule has 1 aliphatic heterocycles. The topological polar surface area (TPSA) is 103 Å². The van der Waals surface area contributed by atoms with E-state index in [1.54, 1.807) is 10.9 Å². The highest BCUT2D eigenvalue weighted by Crippen LogP contribution is 2.36. The number of nitrogens with one attached hydrogen (secondary N) is 1. The molecule has 0 fully saturated rings. The maximum absolute atomic E-state index is 12.0. The normalized spacial score (nSPS) is 17.5. The van der Waals surface area contributed by atoms with Crippen LogP contribution >= 0.6 is 28.4 Å². The van der Waals surface area contributed by atoms with E-state index in [2.05, 4.69) is 61.4 Å². The number of benzene rings is 1. The highest BCUT2D eigenvalue weighted by molar-refractivity contribution is 14.2. The number of hydrogen-bond acceptors (Lipinski definition) is 7. The van der Waals surface area contributed by atoms with Crippen LogP contribution in [0.25, 0.3) is 34.2 Å². The van der Waals surface area contributed by atoms with E-state index in [1.165, 1.54) is 7.11 Å². The number of fused-ring (bicyclic) bond motifs is 4. The minimum atomic E-state index is -0.337. The molecule has 0 amide bonds. The predicted molar refractivity (Wildman–Crippen MR) is 149 cm³/mol. The van der Waals surface area contributed by atoms with Gasteiger partial charge in [-0.3, -0.25) is 14.4 Å². The van der Waals surface area contributed by atoms with Gasteiger partial charge in [-0.2, -0.15) is 15.3 Å². The van der Waals surface area contributed by atoms with E-state index in [0.717, 1.165) is 44.7 Å². The Bertz CT molecular complexity index is 1460. The molecule has 10 nitrogen and oxygen atoms in total. The Kier molecular flexibility index (Phi) is 7.14. The van der Waals surface area contributed by atoms with Crippen LogP contribution in [0.5, 0.6) is 5.88 Å². The predicted octanol–water partition coefficient (Wildman–Crippen LogP) is 4.28. The van der Waals surface area contributed by atoms with Crippen molar-refractivity contribution in [2.45, 2.75) is 33.0 Å². The van der Waals surface area contributed by atoms with Gasteiger partial charge in [-0.25, -0.2) is 9.55 Å². The molecule has 2 atom stereocenters. The number of ether oxygens (including phenoxy) is 2. The molecular formula is C24H27IN7O3P. The van der Waals surface area contributed by atoms with Crippen LogP contribution in [0.15, 0.2) is 24.4 Å². The Morgan fingerprint density at radius 3 is 2.94 bits per heavy atom. The summed E-state index contributed by atoms with van der Waals surface area (Å²) in [5, 5.41) is 17.9. The average Bonchev–Trinajstić information content (AvgIpc) is 3.53. The van der Waals surface area contributed by atoms with Crippen LogP contribution in [0.4, 0.5) is 0 Å². The van der Waals surface area contributed by atoms with Crippen molar-refractivity contribution < 1.29 is 14.3 Å². The maximum Gasteiger partial charge on any atom is 0.327 e. The Hall–Kier alpha value is -2.76. The number of carbonyl (C=O) groups excluding carboxylic acids is 1. The number of H-pyrrole nitrogens is 1. The lowest BCUT2D eigenvalue weighted by Gasteiger charge is -2.21. The molecule has 0 spiro atoms. The number of hydrogen-bond donors (Lipinski definition) is 1. The van der Waals surface area contributed by atoms with Crippen molar-refractivity contribution in [2.75, 3.05) is 20.7 Å². The lowest BCUT2D eigenvalue weighted by atomic mass is 10.0. The van der Waals surface area contributed by atoms with Gasteiger partial charge in [-0.05, 0) is 72.8 Å². The number of methoxy groups -OCH3 is 1. The second-order valence-electron chi connectivity index (χ2n) is 8.86. The number of esters is 1. The lowest BCUT2D eigenvalue weighted by Crippen LogP contribution is -2.31. The molecular weight excluding hydrogens is 592 g/mol. The van der Waals surface area contributed by atoms with E-state index in [4.69, 9.17) is 19.7 Å². The van der Waals surface area contributed by atoms with E-state index in [9.17, 15) is 4.79 Å². The van der Waals surface area contributed by atoms with E-state index < -0.39 is 0 Å². The van der Waals surface area contributed by atoms with Crippen LogP contribution in [0, 0.1) is 6.92 Å². The molecule has 36 heavy (non-hydrogen) atoms. The monoisotopic (exact) mass is 619 g/mol. The fraction of sp³-hybridized carbons (Fsp3) is 0.333. The summed E-state index contributed by atoms with van der Waals surface area (Å²) >= 11 is 2.34. The summed E-state index contributed by atoms with van der Waals surface area (Å²) < 4.78 is 14.9. The standard InChI is InChI=1S/C24H27IN7O3P/c1-14-11-30(3)12-21-17(15(2)31(28-21)13-23(33)34-4)6-7-20-18-9-16(19-10-26-27-24(19)35-14)5-8-22(18)32(29-20)36-25/h5-10,14,36H,11-13H2,1-4H3,(H,26,27)/b7-6+. The van der Waals surface area contributed by atoms with Crippen molar-refractivity contribution in [1.82, 2.24) is 34.4 Å². The zero-order valence-electron chi connectivity index (χ0n) is 20.4. The van der Waals surface area contributed by atoms with Crippen molar-refractivity contribution in [3.8, 4) is 17.0 Å². The number of nitrogens with zero attached hydrogens (tertiary/aromatic N) is 6. The van der Waals surface area contributed by atoms with Gasteiger partial charge < -0.3 is 9.47 Å². The summed E-state index contributed by atoms with van der Waals surface area (Å²) in [6, 6.07) is 6.31. The SMILES string of the molecule is COC(=O)Cn1nc2c(c1C)/C=C/c1nn(PI)c3ccc(cc13)-c1cn[nH]c1OC(C)CN(C)C2. The molecule has 1 N–H and O–H groups in total. The fourth-order valence-corrected chi connectivity index (χ4v) is 6.06. The van der Waals surface area contributed by atoms with Crippen LogP contribution in [0.2, 0.25) is 0 Å². The zero-order chi connectivity index (χ0) is 25.4. The van der Waals surface area contributed by atoms with Gasteiger partial charge in [-0.15, -0.1) is 0 Å². The van der Waals surface area contributed by atoms with Gasteiger partial charge in [0.25, 0.3) is 0 Å². The van der Waals surface area contributed by atoms with Crippen LogP contribution in [0.1, 0.15) is 29.6 Å². The molecule has 12 heteroatoms. The summed E-state index contributed by atoms with van der Waals surface area (Å²) in [4.78, 5) is 14.1. The molecule has 2 bridgehead atoms. The molecule has 1 aromatic carbocycles. The minimum Gasteiger partial charge on any atom is -0.473 e. The lowest BCUT2D eigenvalue weighted by molar-refractivity contribution is -0.141. The third kappa shape index (κ3) is 4.79. The first-order chi connectivity index (χ1) is 17.4. The van der Waals surface area contributed by atoms with Crippen LogP contribution in [-0.2, 0) is 22.6 Å². The van der Waals surface area contributed by atoms with Crippen LogP contribution in [-0.4, -0.2) is 67.2 Å². The quantitative estimate of drug-likeness (QED) is 0.208. The smallest absolute Gasteiger partial charge is 0.327 e. The van der Waals surface area contributed by atoms with Crippen molar-refractivity contribution in [3.05, 3.63) is 47.0 Å². The molecule has 0 saturated carbocycles. The molecule has 5 rings (SSSR count). The molecule has 3 aromatic heterocycles. The summed E-state index contributed by atoms with van der Waals surface area (Å²) in [5.74, 6) is 0.306. The molecule has 2 unspecified atom stereocenters. The maximum atomic E-state index is 12.0. The molecule has 4 aromatic rings. The number of carbonyl (C=O) groups is 1. The van der Waals surface area contributed by atoms with Gasteiger partial charge in [-0.1, -0.05) is 6.07 Å². The summed E-state index contributed by atoms with van der Waals surface area (Å²) in [7, 11) is 3.42. The van der Waals surface area contributed by atoms with Crippen molar-refractivity contribution in [3.63, 3.8) is 0 Å². The van der Waals surface area contributed by atoms with Gasteiger partial charge in [0.2, 0.25) is 5.88 Å². The molecule has 0 radical (unpaired) electrons. The summed E-state index contributed by atoms with van der Waals surface area (Å²) in [5.41, 5.74) is 6.60. The molecule has 1 aliphatic rings. The number of aromatic nitrogens is 6. The number of halogens is 1. The van der Waals surface area contributed by atoms with Gasteiger partial charge >= 0.3 is 5.97 Å². The van der Waals surface area contributed by atoms with E-state index in [1.807, 2.05) is 31.4 Å². The third-order valence-corrected chi connectivity index (χ3v) is 8.13. The first-order valence-electron chi connectivity index (χ1n) is 11.5. The van der Waals surface area contributed by atoms with Gasteiger partial charge in [0.05, 0.1) is 42.1 Å². The molecule has 0 aliphatic carbocycles. The third-order valence-electron chi connectivity index (χ3n) is 6.26. The first kappa shape index (κ1) is 24.9.